The maximum Gasteiger partial charge on any atom is 0.268 e. The predicted molar refractivity (Wildman–Crippen MR) is 120 cm³/mol. The number of anilines is 1. The first-order valence-corrected chi connectivity index (χ1v) is 10.4. The number of thioether (sulfide) groups is 1. The van der Waals surface area contributed by atoms with Gasteiger partial charge in [-0.2, -0.15) is 0 Å². The van der Waals surface area contributed by atoms with Gasteiger partial charge in [0.25, 0.3) is 5.56 Å². The molecule has 0 fully saturated rings. The fourth-order valence-electron chi connectivity index (χ4n) is 3.28. The number of carbonyl (C=O) groups excluding carboxylic acids is 1. The second kappa shape index (κ2) is 8.51. The predicted octanol–water partition coefficient (Wildman–Crippen LogP) is 4.13. The van der Waals surface area contributed by atoms with Crippen LogP contribution < -0.4 is 10.9 Å². The number of nitrogens with zero attached hydrogens (tertiary/aromatic N) is 3. The summed E-state index contributed by atoms with van der Waals surface area (Å²) in [7, 11) is 0. The van der Waals surface area contributed by atoms with Crippen molar-refractivity contribution in [1.82, 2.24) is 14.5 Å². The van der Waals surface area contributed by atoms with Gasteiger partial charge in [-0.1, -0.05) is 36.0 Å². The first-order valence-electron chi connectivity index (χ1n) is 9.45. The Labute approximate surface area is 178 Å². The number of aromatic nitrogens is 3. The molecule has 30 heavy (non-hydrogen) atoms. The van der Waals surface area contributed by atoms with Gasteiger partial charge in [0.15, 0.2) is 10.8 Å². The van der Waals surface area contributed by atoms with E-state index in [1.54, 1.807) is 18.3 Å². The molecule has 0 aliphatic rings. The highest BCUT2D eigenvalue weighted by Gasteiger charge is 2.15. The summed E-state index contributed by atoms with van der Waals surface area (Å²) >= 11 is 1.21. The molecule has 150 valence electrons. The molecule has 2 heterocycles. The summed E-state index contributed by atoms with van der Waals surface area (Å²) in [6, 6.07) is 18.6. The van der Waals surface area contributed by atoms with Crippen LogP contribution in [-0.4, -0.2) is 26.2 Å². The number of carbonyl (C=O) groups is 1. The van der Waals surface area contributed by atoms with Gasteiger partial charge in [-0.05, 0) is 61.4 Å². The zero-order valence-electron chi connectivity index (χ0n) is 16.6. The maximum absolute atomic E-state index is 13.1. The standard InChI is InChI=1S/C23H20N4O2S/c1-15-11-16(2)13-17(12-15)25-20(28)14-30-23-26-21-19(9-6-10-24-21)22(29)27(23)18-7-4-3-5-8-18/h3-13H,14H2,1-2H3,(H,25,28). The molecule has 0 saturated heterocycles. The van der Waals surface area contributed by atoms with Gasteiger partial charge in [0.05, 0.1) is 16.8 Å². The van der Waals surface area contributed by atoms with Crippen molar-refractivity contribution in [2.75, 3.05) is 11.1 Å². The summed E-state index contributed by atoms with van der Waals surface area (Å²) in [4.78, 5) is 34.4. The normalized spacial score (nSPS) is 10.9. The zero-order chi connectivity index (χ0) is 21.1. The molecule has 0 saturated carbocycles. The molecule has 7 heteroatoms. The van der Waals surface area contributed by atoms with Crippen molar-refractivity contribution >= 4 is 34.4 Å². The van der Waals surface area contributed by atoms with Gasteiger partial charge >= 0.3 is 0 Å². The molecule has 0 radical (unpaired) electrons. The van der Waals surface area contributed by atoms with Crippen LogP contribution in [0.3, 0.4) is 0 Å². The fraction of sp³-hybridized carbons (Fsp3) is 0.130. The van der Waals surface area contributed by atoms with E-state index in [9.17, 15) is 9.59 Å². The van der Waals surface area contributed by atoms with Crippen LogP contribution in [0.2, 0.25) is 0 Å². The van der Waals surface area contributed by atoms with Crippen LogP contribution in [-0.2, 0) is 4.79 Å². The number of rotatable bonds is 5. The molecule has 4 rings (SSSR count). The Kier molecular flexibility index (Phi) is 5.63. The van der Waals surface area contributed by atoms with Crippen molar-refractivity contribution in [3.63, 3.8) is 0 Å². The second-order valence-electron chi connectivity index (χ2n) is 6.96. The Morgan fingerprint density at radius 2 is 1.77 bits per heavy atom. The van der Waals surface area contributed by atoms with Crippen molar-refractivity contribution in [1.29, 1.82) is 0 Å². The summed E-state index contributed by atoms with van der Waals surface area (Å²) in [6.45, 7) is 3.98. The smallest absolute Gasteiger partial charge is 0.268 e. The molecule has 0 bridgehead atoms. The lowest BCUT2D eigenvalue weighted by Gasteiger charge is -2.13. The summed E-state index contributed by atoms with van der Waals surface area (Å²) in [5.41, 5.74) is 3.77. The number of fused-ring (bicyclic) bond motifs is 1. The minimum atomic E-state index is -0.212. The van der Waals surface area contributed by atoms with E-state index < -0.39 is 0 Å². The van der Waals surface area contributed by atoms with Crippen LogP contribution in [0.4, 0.5) is 5.69 Å². The zero-order valence-corrected chi connectivity index (χ0v) is 17.4. The van der Waals surface area contributed by atoms with Gasteiger partial charge in [-0.3, -0.25) is 14.2 Å². The molecule has 6 nitrogen and oxygen atoms in total. The van der Waals surface area contributed by atoms with Crippen molar-refractivity contribution in [2.24, 2.45) is 0 Å². The van der Waals surface area contributed by atoms with Gasteiger partial charge in [0.2, 0.25) is 5.91 Å². The Hall–Kier alpha value is -3.45. The minimum absolute atomic E-state index is 0.116. The summed E-state index contributed by atoms with van der Waals surface area (Å²) in [5.74, 6) is -0.0510. The minimum Gasteiger partial charge on any atom is -0.325 e. The Morgan fingerprint density at radius 1 is 1.03 bits per heavy atom. The Morgan fingerprint density at radius 3 is 2.50 bits per heavy atom. The van der Waals surface area contributed by atoms with E-state index in [0.717, 1.165) is 16.8 Å². The van der Waals surface area contributed by atoms with Gasteiger partial charge in [0, 0.05) is 11.9 Å². The number of para-hydroxylation sites is 1. The number of aryl methyl sites for hydroxylation is 2. The average Bonchev–Trinajstić information content (AvgIpc) is 2.72. The number of amides is 1. The van der Waals surface area contributed by atoms with Crippen molar-refractivity contribution < 1.29 is 4.79 Å². The van der Waals surface area contributed by atoms with Gasteiger partial charge in [0.1, 0.15) is 0 Å². The number of hydrogen-bond donors (Lipinski definition) is 1. The van der Waals surface area contributed by atoms with E-state index >= 15 is 0 Å². The van der Waals surface area contributed by atoms with Crippen molar-refractivity contribution in [3.8, 4) is 5.69 Å². The monoisotopic (exact) mass is 416 g/mol. The SMILES string of the molecule is Cc1cc(C)cc(NC(=O)CSc2nc3ncccc3c(=O)n2-c2ccccc2)c1. The molecule has 0 spiro atoms. The quantitative estimate of drug-likeness (QED) is 0.391. The first-order chi connectivity index (χ1) is 14.5. The summed E-state index contributed by atoms with van der Waals surface area (Å²) in [5, 5.41) is 3.77. The van der Waals surface area contributed by atoms with Crippen LogP contribution in [0.25, 0.3) is 16.7 Å². The van der Waals surface area contributed by atoms with Gasteiger partial charge in [-0.15, -0.1) is 0 Å². The lowest BCUT2D eigenvalue weighted by atomic mass is 10.1. The lowest BCUT2D eigenvalue weighted by Crippen LogP contribution is -2.23. The number of benzene rings is 2. The third kappa shape index (κ3) is 4.26. The number of nitrogens with one attached hydrogen (secondary N) is 1. The highest BCUT2D eigenvalue weighted by atomic mass is 32.2. The van der Waals surface area contributed by atoms with E-state index in [1.807, 2.05) is 56.3 Å². The van der Waals surface area contributed by atoms with E-state index in [0.29, 0.717) is 21.9 Å². The average molecular weight is 417 g/mol. The largest absolute Gasteiger partial charge is 0.325 e. The van der Waals surface area contributed by atoms with E-state index in [-0.39, 0.29) is 17.2 Å². The van der Waals surface area contributed by atoms with Crippen LogP contribution in [0.5, 0.6) is 0 Å². The van der Waals surface area contributed by atoms with Crippen LogP contribution in [0.15, 0.2) is 76.8 Å². The van der Waals surface area contributed by atoms with Crippen LogP contribution in [0.1, 0.15) is 11.1 Å². The first kappa shape index (κ1) is 19.8. The topological polar surface area (TPSA) is 76.9 Å². The summed E-state index contributed by atoms with van der Waals surface area (Å²) in [6.07, 6.45) is 1.60. The number of pyridine rings is 1. The van der Waals surface area contributed by atoms with E-state index in [2.05, 4.69) is 21.4 Å². The Balaban J connectivity index is 1.65. The highest BCUT2D eigenvalue weighted by molar-refractivity contribution is 7.99. The van der Waals surface area contributed by atoms with Gasteiger partial charge in [-0.25, -0.2) is 9.97 Å². The molecule has 0 unspecified atom stereocenters. The Bertz CT molecular complexity index is 1270. The molecule has 1 N–H and O–H groups in total. The molecule has 0 atom stereocenters. The molecule has 2 aromatic carbocycles. The fourth-order valence-corrected chi connectivity index (χ4v) is 4.08. The third-order valence-electron chi connectivity index (χ3n) is 4.47. The second-order valence-corrected chi connectivity index (χ2v) is 7.90. The third-order valence-corrected chi connectivity index (χ3v) is 5.40. The van der Waals surface area contributed by atoms with E-state index in [1.165, 1.54) is 16.3 Å². The summed E-state index contributed by atoms with van der Waals surface area (Å²) < 4.78 is 1.53. The lowest BCUT2D eigenvalue weighted by molar-refractivity contribution is -0.113. The molecular weight excluding hydrogens is 396 g/mol. The van der Waals surface area contributed by atoms with Gasteiger partial charge < -0.3 is 5.32 Å². The van der Waals surface area contributed by atoms with Crippen LogP contribution in [0, 0.1) is 13.8 Å². The van der Waals surface area contributed by atoms with Crippen LogP contribution >= 0.6 is 11.8 Å². The molecule has 0 aliphatic carbocycles. The highest BCUT2D eigenvalue weighted by Crippen LogP contribution is 2.21. The maximum atomic E-state index is 13.1. The number of hydrogen-bond acceptors (Lipinski definition) is 5. The molecule has 4 aromatic rings. The molecule has 2 aromatic heterocycles. The van der Waals surface area contributed by atoms with Crippen molar-refractivity contribution in [2.45, 2.75) is 19.0 Å². The molecule has 0 aliphatic heterocycles. The van der Waals surface area contributed by atoms with E-state index in [4.69, 9.17) is 0 Å². The van der Waals surface area contributed by atoms with Crippen molar-refractivity contribution in [3.05, 3.63) is 88.3 Å². The molecular formula is C23H20N4O2S. The molecule has 1 amide bonds.